The minimum atomic E-state index is 0. The van der Waals surface area contributed by atoms with Crippen LogP contribution in [0.5, 0.6) is 0 Å². The van der Waals surface area contributed by atoms with Gasteiger partial charge in [0.25, 0.3) is 0 Å². The fraction of sp³-hybridized carbons (Fsp3) is 0. The Balaban J connectivity index is 0.000000605. The second-order valence-electron chi connectivity index (χ2n) is 2.07. The van der Waals surface area contributed by atoms with Crippen LogP contribution in [-0.2, 0) is 0 Å². The van der Waals surface area contributed by atoms with Crippen LogP contribution in [0.2, 0.25) is 0 Å². The Kier molecular flexibility index (Phi) is 2.39. The van der Waals surface area contributed by atoms with Crippen LogP contribution in [0.15, 0.2) is 36.8 Å². The third kappa shape index (κ3) is 1.46. The van der Waals surface area contributed by atoms with Gasteiger partial charge in [-0.1, -0.05) is 6.07 Å². The van der Waals surface area contributed by atoms with Gasteiger partial charge in [-0.05, 0) is 12.1 Å². The van der Waals surface area contributed by atoms with Crippen molar-refractivity contribution in [2.24, 2.45) is 0 Å². The smallest absolute Gasteiger partial charge is 0.0885 e. The number of fused-ring (bicyclic) bond motifs is 1. The average molecular weight is 167 g/mol. The maximum Gasteiger partial charge on any atom is 0.0885 e. The Morgan fingerprint density at radius 2 is 2.00 bits per heavy atom. The Hall–Kier alpha value is -1.15. The Morgan fingerprint density at radius 1 is 1.09 bits per heavy atom. The molecule has 0 unspecified atom stereocenters. The van der Waals surface area contributed by atoms with Crippen LogP contribution < -0.4 is 0 Å². The molecule has 0 spiro atoms. The van der Waals surface area contributed by atoms with Gasteiger partial charge < -0.3 is 0 Å². The van der Waals surface area contributed by atoms with Crippen LogP contribution in [0.1, 0.15) is 0 Å². The maximum absolute atomic E-state index is 4.12. The summed E-state index contributed by atoms with van der Waals surface area (Å²) < 4.78 is 0. The summed E-state index contributed by atoms with van der Waals surface area (Å²) in [6, 6.07) is 5.88. The van der Waals surface area contributed by atoms with E-state index in [1.807, 2.05) is 18.2 Å². The third-order valence-corrected chi connectivity index (χ3v) is 1.41. The number of rotatable bonds is 0. The average Bonchev–Trinajstić information content (AvgIpc) is 2.05. The lowest BCUT2D eigenvalue weighted by Gasteiger charge is -1.90. The first kappa shape index (κ1) is 7.95. The van der Waals surface area contributed by atoms with Gasteiger partial charge in [-0.15, -0.1) is 12.4 Å². The van der Waals surface area contributed by atoms with Gasteiger partial charge in [-0.3, -0.25) is 9.97 Å². The van der Waals surface area contributed by atoms with Gasteiger partial charge in [0.15, 0.2) is 0 Å². The van der Waals surface area contributed by atoms with Crippen LogP contribution in [-0.4, -0.2) is 9.97 Å². The largest absolute Gasteiger partial charge is 0.262 e. The van der Waals surface area contributed by atoms with Gasteiger partial charge >= 0.3 is 0 Å². The minimum absolute atomic E-state index is 0. The molecule has 2 rings (SSSR count). The molecule has 0 amide bonds. The number of pyridine rings is 2. The van der Waals surface area contributed by atoms with Crippen molar-refractivity contribution in [3.8, 4) is 0 Å². The molecule has 0 bridgehead atoms. The van der Waals surface area contributed by atoms with Crippen LogP contribution >= 0.6 is 12.4 Å². The van der Waals surface area contributed by atoms with Crippen molar-refractivity contribution in [2.45, 2.75) is 0 Å². The van der Waals surface area contributed by atoms with Crippen LogP contribution in [0.4, 0.5) is 0 Å². The third-order valence-electron chi connectivity index (χ3n) is 1.41. The SMILES string of the molecule is Cl.c1cnc2cnccc2c1. The molecule has 2 aromatic heterocycles. The molecule has 2 aromatic rings. The van der Waals surface area contributed by atoms with Gasteiger partial charge in [0.05, 0.1) is 11.7 Å². The molecule has 2 heterocycles. The number of aromatic nitrogens is 2. The molecule has 0 aromatic carbocycles. The second kappa shape index (κ2) is 3.30. The van der Waals surface area contributed by atoms with Crippen LogP contribution in [0.3, 0.4) is 0 Å². The highest BCUT2D eigenvalue weighted by molar-refractivity contribution is 5.85. The fourth-order valence-electron chi connectivity index (χ4n) is 0.916. The number of hydrogen-bond donors (Lipinski definition) is 0. The van der Waals surface area contributed by atoms with Gasteiger partial charge in [-0.2, -0.15) is 0 Å². The molecule has 0 N–H and O–H groups in total. The molecule has 0 atom stereocenters. The van der Waals surface area contributed by atoms with E-state index in [4.69, 9.17) is 0 Å². The molecule has 11 heavy (non-hydrogen) atoms. The Bertz CT molecular complexity index is 283. The normalized spacial score (nSPS) is 9.09. The first-order valence-electron chi connectivity index (χ1n) is 3.11. The van der Waals surface area contributed by atoms with Crippen molar-refractivity contribution in [3.05, 3.63) is 36.8 Å². The molecule has 2 nitrogen and oxygen atoms in total. The van der Waals surface area contributed by atoms with Crippen molar-refractivity contribution in [1.29, 1.82) is 0 Å². The topological polar surface area (TPSA) is 25.8 Å². The molecular formula is C8H7ClN2. The number of hydrogen-bond acceptors (Lipinski definition) is 2. The van der Waals surface area contributed by atoms with E-state index >= 15 is 0 Å². The first-order valence-corrected chi connectivity index (χ1v) is 3.11. The van der Waals surface area contributed by atoms with Crippen molar-refractivity contribution in [1.82, 2.24) is 9.97 Å². The Morgan fingerprint density at radius 3 is 2.82 bits per heavy atom. The predicted molar refractivity (Wildman–Crippen MR) is 46.8 cm³/mol. The second-order valence-corrected chi connectivity index (χ2v) is 2.07. The van der Waals surface area contributed by atoms with E-state index in [2.05, 4.69) is 9.97 Å². The zero-order valence-corrected chi connectivity index (χ0v) is 6.58. The summed E-state index contributed by atoms with van der Waals surface area (Å²) in [6.07, 6.45) is 5.30. The van der Waals surface area contributed by atoms with E-state index in [9.17, 15) is 0 Å². The summed E-state index contributed by atoms with van der Waals surface area (Å²) in [7, 11) is 0. The lowest BCUT2D eigenvalue weighted by molar-refractivity contribution is 1.31. The van der Waals surface area contributed by atoms with Crippen molar-refractivity contribution in [3.63, 3.8) is 0 Å². The quantitative estimate of drug-likeness (QED) is 0.599. The van der Waals surface area contributed by atoms with E-state index in [1.165, 1.54) is 0 Å². The predicted octanol–water partition coefficient (Wildman–Crippen LogP) is 2.05. The van der Waals surface area contributed by atoms with Crippen molar-refractivity contribution < 1.29 is 0 Å². The van der Waals surface area contributed by atoms with E-state index < -0.39 is 0 Å². The van der Waals surface area contributed by atoms with Crippen LogP contribution in [0.25, 0.3) is 10.9 Å². The monoisotopic (exact) mass is 166 g/mol. The van der Waals surface area contributed by atoms with Gasteiger partial charge in [0.1, 0.15) is 0 Å². The first-order chi connectivity index (χ1) is 4.97. The molecule has 0 aliphatic carbocycles. The summed E-state index contributed by atoms with van der Waals surface area (Å²) in [5.41, 5.74) is 0.949. The highest BCUT2D eigenvalue weighted by atomic mass is 35.5. The zero-order chi connectivity index (χ0) is 6.81. The lowest BCUT2D eigenvalue weighted by Crippen LogP contribution is -1.76. The minimum Gasteiger partial charge on any atom is -0.262 e. The van der Waals surface area contributed by atoms with E-state index in [1.54, 1.807) is 18.6 Å². The molecule has 56 valence electrons. The molecule has 0 fully saturated rings. The summed E-state index contributed by atoms with van der Waals surface area (Å²) >= 11 is 0. The molecule has 0 aliphatic rings. The highest BCUT2D eigenvalue weighted by Gasteiger charge is 1.87. The molecule has 0 saturated carbocycles. The van der Waals surface area contributed by atoms with Crippen molar-refractivity contribution in [2.75, 3.05) is 0 Å². The van der Waals surface area contributed by atoms with Gasteiger partial charge in [0, 0.05) is 17.8 Å². The molecular weight excluding hydrogens is 160 g/mol. The molecule has 0 radical (unpaired) electrons. The number of halogens is 1. The maximum atomic E-state index is 4.12. The van der Waals surface area contributed by atoms with E-state index in [0.29, 0.717) is 0 Å². The van der Waals surface area contributed by atoms with Gasteiger partial charge in [0.2, 0.25) is 0 Å². The highest BCUT2D eigenvalue weighted by Crippen LogP contribution is 2.05. The standard InChI is InChI=1S/C8H6N2.ClH/c1-2-7-3-5-9-6-8(7)10-4-1;/h1-6H;1H. The zero-order valence-electron chi connectivity index (χ0n) is 5.77. The molecule has 0 saturated heterocycles. The van der Waals surface area contributed by atoms with Crippen LogP contribution in [0, 0.1) is 0 Å². The fourth-order valence-corrected chi connectivity index (χ4v) is 0.916. The van der Waals surface area contributed by atoms with E-state index in [0.717, 1.165) is 10.9 Å². The van der Waals surface area contributed by atoms with Gasteiger partial charge in [-0.25, -0.2) is 0 Å². The summed E-state index contributed by atoms with van der Waals surface area (Å²) in [5, 5.41) is 1.14. The van der Waals surface area contributed by atoms with E-state index in [-0.39, 0.29) is 12.4 Å². The summed E-state index contributed by atoms with van der Waals surface area (Å²) in [4.78, 5) is 8.07. The van der Waals surface area contributed by atoms with Crippen molar-refractivity contribution >= 4 is 23.3 Å². The molecule has 3 heteroatoms. The number of nitrogens with zero attached hydrogens (tertiary/aromatic N) is 2. The molecule has 0 aliphatic heterocycles. The summed E-state index contributed by atoms with van der Waals surface area (Å²) in [6.45, 7) is 0. The lowest BCUT2D eigenvalue weighted by atomic mass is 10.3. The Labute approximate surface area is 70.7 Å². The summed E-state index contributed by atoms with van der Waals surface area (Å²) in [5.74, 6) is 0.